The Hall–Kier alpha value is -0.790. The number of carboxylic acid groups (broad SMARTS) is 1. The minimum absolute atomic E-state index is 0.350. The molecule has 82 valence electrons. The number of ether oxygens (including phenoxy) is 1. The fourth-order valence-electron chi connectivity index (χ4n) is 0.643. The molecule has 0 bridgehead atoms. The highest BCUT2D eigenvalue weighted by Crippen LogP contribution is 2.05. The Morgan fingerprint density at radius 1 is 1.71 bits per heavy atom. The summed E-state index contributed by atoms with van der Waals surface area (Å²) in [6, 6.07) is -0.838. The molecular weight excluding hydrogens is 208 g/mol. The number of nitrogens with two attached hydrogens (primary N) is 1. The minimum Gasteiger partial charge on any atom is -0.480 e. The van der Waals surface area contributed by atoms with Crippen LogP contribution in [0.1, 0.15) is 6.42 Å². The van der Waals surface area contributed by atoms with Gasteiger partial charge in [0.1, 0.15) is 6.04 Å². The van der Waals surface area contributed by atoms with Crippen LogP contribution in [0.15, 0.2) is 0 Å². The van der Waals surface area contributed by atoms with E-state index in [1.165, 1.54) is 11.8 Å². The van der Waals surface area contributed by atoms with Crippen molar-refractivity contribution in [2.45, 2.75) is 18.7 Å². The van der Waals surface area contributed by atoms with Crippen LogP contribution in [-0.2, 0) is 14.3 Å². The van der Waals surface area contributed by atoms with Gasteiger partial charge in [-0.15, -0.1) is 0 Å². The predicted molar refractivity (Wildman–Crippen MR) is 51.4 cm³/mol. The summed E-state index contributed by atoms with van der Waals surface area (Å²) in [7, 11) is 0. The lowest BCUT2D eigenvalue weighted by Crippen LogP contribution is -2.62. The van der Waals surface area contributed by atoms with E-state index in [1.807, 2.05) is 0 Å². The van der Waals surface area contributed by atoms with Crippen molar-refractivity contribution in [3.8, 4) is 0 Å². The molecule has 0 fully saturated rings. The molecule has 0 aliphatic rings. The summed E-state index contributed by atoms with van der Waals surface area (Å²) in [5, 5.41) is 8.45. The molecule has 0 aromatic heterocycles. The van der Waals surface area contributed by atoms with E-state index in [0.29, 0.717) is 24.4 Å². The number of carbonyl (C=O) groups is 2. The molecular formula is C7H15N2O4S+. The van der Waals surface area contributed by atoms with Crippen LogP contribution in [0.3, 0.4) is 0 Å². The summed E-state index contributed by atoms with van der Waals surface area (Å²) >= 11 is 1.40. The zero-order chi connectivity index (χ0) is 11.0. The van der Waals surface area contributed by atoms with Crippen LogP contribution < -0.4 is 11.5 Å². The fraction of sp³-hybridized carbons (Fsp3) is 0.714. The summed E-state index contributed by atoms with van der Waals surface area (Å²) in [6.45, 7) is 0.352. The van der Waals surface area contributed by atoms with Crippen LogP contribution >= 0.6 is 11.8 Å². The Bertz CT molecular complexity index is 191. The van der Waals surface area contributed by atoms with Crippen LogP contribution in [0.4, 0.5) is 0 Å². The third-order valence-corrected chi connectivity index (χ3v) is 2.57. The quantitative estimate of drug-likeness (QED) is 0.255. The Balaban J connectivity index is 3.37. The molecule has 0 aliphatic carbocycles. The lowest BCUT2D eigenvalue weighted by atomic mass is 10.4. The molecule has 0 saturated carbocycles. The van der Waals surface area contributed by atoms with Crippen molar-refractivity contribution in [1.29, 1.82) is 0 Å². The minimum atomic E-state index is -1.01. The third kappa shape index (κ3) is 6.70. The molecule has 0 aromatic carbocycles. The van der Waals surface area contributed by atoms with Crippen LogP contribution in [0.5, 0.6) is 0 Å². The second kappa shape index (κ2) is 7.60. The normalized spacial score (nSPS) is 14.4. The summed E-state index contributed by atoms with van der Waals surface area (Å²) in [5.41, 5.74) is 8.83. The molecule has 6 nitrogen and oxygen atoms in total. The van der Waals surface area contributed by atoms with E-state index < -0.39 is 12.0 Å². The maximum absolute atomic E-state index is 10.3. The molecule has 6 N–H and O–H groups in total. The zero-order valence-corrected chi connectivity index (χ0v) is 8.53. The Morgan fingerprint density at radius 2 is 2.36 bits per heavy atom. The van der Waals surface area contributed by atoms with E-state index in [9.17, 15) is 9.59 Å². The van der Waals surface area contributed by atoms with Gasteiger partial charge in [0, 0.05) is 17.9 Å². The van der Waals surface area contributed by atoms with E-state index in [0.717, 1.165) is 0 Å². The van der Waals surface area contributed by atoms with Crippen LogP contribution in [0, 0.1) is 0 Å². The predicted octanol–water partition coefficient (Wildman–Crippen LogP) is -1.74. The van der Waals surface area contributed by atoms with Gasteiger partial charge in [0.2, 0.25) is 6.23 Å². The van der Waals surface area contributed by atoms with Gasteiger partial charge in [-0.05, 0) is 0 Å². The van der Waals surface area contributed by atoms with E-state index in [-0.39, 0.29) is 6.23 Å². The fourth-order valence-corrected chi connectivity index (χ4v) is 1.64. The number of hydrogen-bond acceptors (Lipinski definition) is 5. The first-order valence-electron chi connectivity index (χ1n) is 4.06. The zero-order valence-electron chi connectivity index (χ0n) is 7.72. The number of carbonyl (C=O) groups excluding carboxylic acids is 1. The molecule has 0 aromatic rings. The van der Waals surface area contributed by atoms with Crippen molar-refractivity contribution in [1.82, 2.24) is 0 Å². The van der Waals surface area contributed by atoms with Gasteiger partial charge in [0.05, 0.1) is 0 Å². The molecule has 7 heteroatoms. The van der Waals surface area contributed by atoms with Gasteiger partial charge in [-0.1, -0.05) is 0 Å². The second-order valence-corrected chi connectivity index (χ2v) is 3.81. The maximum Gasteiger partial charge on any atom is 0.321 e. The van der Waals surface area contributed by atoms with E-state index in [4.69, 9.17) is 10.8 Å². The van der Waals surface area contributed by atoms with E-state index in [1.54, 1.807) is 0 Å². The average molecular weight is 223 g/mol. The summed E-state index contributed by atoms with van der Waals surface area (Å²) < 4.78 is 4.54. The van der Waals surface area contributed by atoms with Crippen molar-refractivity contribution in [2.24, 2.45) is 5.73 Å². The van der Waals surface area contributed by atoms with Gasteiger partial charge >= 0.3 is 5.97 Å². The molecule has 0 heterocycles. The summed E-state index contributed by atoms with van der Waals surface area (Å²) in [6.07, 6.45) is 0.219. The van der Waals surface area contributed by atoms with Crippen LogP contribution in [0.2, 0.25) is 0 Å². The van der Waals surface area contributed by atoms with Crippen molar-refractivity contribution in [3.05, 3.63) is 0 Å². The van der Waals surface area contributed by atoms with Crippen LogP contribution in [-0.4, -0.2) is 41.3 Å². The average Bonchev–Trinajstić information content (AvgIpc) is 2.12. The first-order valence-corrected chi connectivity index (χ1v) is 5.21. The largest absolute Gasteiger partial charge is 0.480 e. The number of rotatable bonds is 8. The molecule has 2 unspecified atom stereocenters. The van der Waals surface area contributed by atoms with Gasteiger partial charge in [-0.3, -0.25) is 9.59 Å². The van der Waals surface area contributed by atoms with E-state index in [2.05, 4.69) is 10.5 Å². The maximum atomic E-state index is 10.3. The highest BCUT2D eigenvalue weighted by molar-refractivity contribution is 7.99. The van der Waals surface area contributed by atoms with Crippen molar-refractivity contribution in [2.75, 3.05) is 11.5 Å². The Morgan fingerprint density at radius 3 is 2.86 bits per heavy atom. The van der Waals surface area contributed by atoms with Gasteiger partial charge in [-0.2, -0.15) is 11.8 Å². The molecule has 14 heavy (non-hydrogen) atoms. The monoisotopic (exact) mass is 223 g/mol. The molecule has 0 spiro atoms. The highest BCUT2D eigenvalue weighted by Gasteiger charge is 2.11. The van der Waals surface area contributed by atoms with Crippen LogP contribution in [0.25, 0.3) is 0 Å². The topological polar surface area (TPSA) is 117 Å². The lowest BCUT2D eigenvalue weighted by molar-refractivity contribution is -0.478. The van der Waals surface area contributed by atoms with Gasteiger partial charge in [-0.25, -0.2) is 0 Å². The highest BCUT2D eigenvalue weighted by atomic mass is 32.2. The number of carboxylic acids is 1. The molecule has 0 saturated heterocycles. The number of aliphatic carboxylic acids is 1. The summed E-state index contributed by atoms with van der Waals surface area (Å²) in [5.74, 6) is 0.0133. The van der Waals surface area contributed by atoms with Gasteiger partial charge < -0.3 is 21.3 Å². The lowest BCUT2D eigenvalue weighted by Gasteiger charge is -2.07. The van der Waals surface area contributed by atoms with Crippen molar-refractivity contribution < 1.29 is 25.2 Å². The smallest absolute Gasteiger partial charge is 0.321 e. The number of quaternary nitrogens is 1. The molecule has 0 amide bonds. The van der Waals surface area contributed by atoms with Gasteiger partial charge in [0.15, 0.2) is 0 Å². The molecule has 2 atom stereocenters. The SMILES string of the molecule is NC(CSCCC([NH3+])OC=O)C(=O)O. The van der Waals surface area contributed by atoms with Gasteiger partial charge in [0.25, 0.3) is 6.47 Å². The standard InChI is InChI=1S/C7H14N2O4S/c8-5(7(11)12)3-14-2-1-6(9)13-4-10/h4-6H,1-3,8-9H2,(H,11,12)/p+1. The summed E-state index contributed by atoms with van der Waals surface area (Å²) in [4.78, 5) is 20.2. The van der Waals surface area contributed by atoms with E-state index >= 15 is 0 Å². The first kappa shape index (κ1) is 13.2. The molecule has 0 rings (SSSR count). The number of thioether (sulfide) groups is 1. The third-order valence-electron chi connectivity index (χ3n) is 1.45. The second-order valence-electron chi connectivity index (χ2n) is 2.66. The first-order chi connectivity index (χ1) is 6.57. The van der Waals surface area contributed by atoms with Crippen molar-refractivity contribution >= 4 is 24.2 Å². The number of hydrogen-bond donors (Lipinski definition) is 3. The molecule has 0 aliphatic heterocycles. The Labute approximate surface area is 86.0 Å². The molecule has 0 radical (unpaired) electrons. The Kier molecular flexibility index (Phi) is 7.17. The van der Waals surface area contributed by atoms with Crippen molar-refractivity contribution in [3.63, 3.8) is 0 Å².